The van der Waals surface area contributed by atoms with Crippen LogP contribution in [-0.2, 0) is 14.3 Å². The maximum absolute atomic E-state index is 12.6. The summed E-state index contributed by atoms with van der Waals surface area (Å²) >= 11 is 0. The molecule has 0 radical (unpaired) electrons. The van der Waals surface area contributed by atoms with Crippen LogP contribution >= 0.6 is 0 Å². The van der Waals surface area contributed by atoms with Gasteiger partial charge in [-0.1, -0.05) is 42.0 Å². The quantitative estimate of drug-likeness (QED) is 0.644. The summed E-state index contributed by atoms with van der Waals surface area (Å²) in [6.07, 6.45) is 8.06. The van der Waals surface area contributed by atoms with Crippen molar-refractivity contribution in [2.45, 2.75) is 74.9 Å². The molecule has 1 N–H and O–H groups in total. The van der Waals surface area contributed by atoms with Crippen LogP contribution in [0.4, 0.5) is 0 Å². The van der Waals surface area contributed by atoms with Crippen LogP contribution in [0.5, 0.6) is 0 Å². The van der Waals surface area contributed by atoms with Crippen LogP contribution in [0.25, 0.3) is 0 Å². The highest BCUT2D eigenvalue weighted by Gasteiger charge is 2.41. The Balaban J connectivity index is 1.81. The molecule has 0 spiro atoms. The molecule has 140 valence electrons. The third kappa shape index (κ3) is 4.56. The zero-order valence-corrected chi connectivity index (χ0v) is 16.0. The van der Waals surface area contributed by atoms with Gasteiger partial charge >= 0.3 is 0 Å². The van der Waals surface area contributed by atoms with Gasteiger partial charge in [-0.15, -0.1) is 0 Å². The molecule has 0 aliphatic heterocycles. The molecule has 1 fully saturated rings. The molecule has 1 aromatic carbocycles. The average molecular weight is 375 g/mol. The van der Waals surface area contributed by atoms with Crippen LogP contribution in [0.15, 0.2) is 40.8 Å². The van der Waals surface area contributed by atoms with Crippen LogP contribution in [0.1, 0.15) is 56.9 Å². The standard InChI is InChI=1S/C21H26O4S/c1-17-10-12-19(13-11-17)26(23,24)25-20-9-5-6-15-21(20,22)16-14-18-7-3-2-4-8-18/h7,10-13,20,22H,2-6,8-9,15H2,1H3. The summed E-state index contributed by atoms with van der Waals surface area (Å²) in [6, 6.07) is 6.54. The summed E-state index contributed by atoms with van der Waals surface area (Å²) in [5.41, 5.74) is 0.592. The molecule has 0 bridgehead atoms. The van der Waals surface area contributed by atoms with Gasteiger partial charge in [0, 0.05) is 0 Å². The number of hydrogen-bond donors (Lipinski definition) is 1. The number of aryl methyl sites for hydroxylation is 1. The average Bonchev–Trinajstić information content (AvgIpc) is 2.63. The van der Waals surface area contributed by atoms with Crippen LogP contribution < -0.4 is 0 Å². The third-order valence-electron chi connectivity index (χ3n) is 5.09. The lowest BCUT2D eigenvalue weighted by atomic mass is 9.82. The Morgan fingerprint density at radius 1 is 1.15 bits per heavy atom. The number of aliphatic hydroxyl groups is 1. The molecule has 26 heavy (non-hydrogen) atoms. The van der Waals surface area contributed by atoms with Crippen LogP contribution in [0.2, 0.25) is 0 Å². The Kier molecular flexibility index (Phi) is 5.86. The van der Waals surface area contributed by atoms with E-state index in [2.05, 4.69) is 17.9 Å². The Labute approximate surface area is 156 Å². The number of benzene rings is 1. The van der Waals surface area contributed by atoms with Crippen LogP contribution in [0.3, 0.4) is 0 Å². The fourth-order valence-electron chi connectivity index (χ4n) is 3.45. The van der Waals surface area contributed by atoms with Crippen molar-refractivity contribution in [3.8, 4) is 11.8 Å². The molecule has 1 saturated carbocycles. The highest BCUT2D eigenvalue weighted by Crippen LogP contribution is 2.33. The molecule has 0 heterocycles. The first-order chi connectivity index (χ1) is 12.4. The summed E-state index contributed by atoms with van der Waals surface area (Å²) in [5.74, 6) is 6.03. The minimum atomic E-state index is -3.93. The van der Waals surface area contributed by atoms with Crippen molar-refractivity contribution in [3.05, 3.63) is 41.5 Å². The minimum Gasteiger partial charge on any atom is -0.375 e. The molecule has 4 nitrogen and oxygen atoms in total. The number of rotatable bonds is 3. The Morgan fingerprint density at radius 3 is 2.62 bits per heavy atom. The van der Waals surface area contributed by atoms with E-state index in [1.54, 1.807) is 12.1 Å². The first kappa shape index (κ1) is 19.2. The van der Waals surface area contributed by atoms with Gasteiger partial charge < -0.3 is 5.11 Å². The van der Waals surface area contributed by atoms with Crippen molar-refractivity contribution in [1.82, 2.24) is 0 Å². The van der Waals surface area contributed by atoms with E-state index in [4.69, 9.17) is 4.18 Å². The molecule has 0 aromatic heterocycles. The van der Waals surface area contributed by atoms with Crippen LogP contribution in [0, 0.1) is 18.8 Å². The van der Waals surface area contributed by atoms with E-state index in [1.165, 1.54) is 18.6 Å². The molecule has 2 aliphatic rings. The smallest absolute Gasteiger partial charge is 0.297 e. The van der Waals surface area contributed by atoms with Crippen molar-refractivity contribution in [1.29, 1.82) is 0 Å². The second-order valence-electron chi connectivity index (χ2n) is 7.25. The van der Waals surface area contributed by atoms with E-state index in [0.717, 1.165) is 43.2 Å². The maximum atomic E-state index is 12.6. The molecule has 3 rings (SSSR count). The highest BCUT2D eigenvalue weighted by atomic mass is 32.2. The molecule has 0 amide bonds. The third-order valence-corrected chi connectivity index (χ3v) is 6.43. The Morgan fingerprint density at radius 2 is 1.92 bits per heavy atom. The summed E-state index contributed by atoms with van der Waals surface area (Å²) in [6.45, 7) is 1.90. The Bertz CT molecular complexity index is 827. The van der Waals surface area contributed by atoms with E-state index in [1.807, 2.05) is 6.92 Å². The summed E-state index contributed by atoms with van der Waals surface area (Å²) in [5, 5.41) is 11.0. The lowest BCUT2D eigenvalue weighted by Gasteiger charge is -2.35. The van der Waals surface area contributed by atoms with Crippen molar-refractivity contribution >= 4 is 10.1 Å². The first-order valence-electron chi connectivity index (χ1n) is 9.34. The molecule has 2 atom stereocenters. The van der Waals surface area contributed by atoms with E-state index in [-0.39, 0.29) is 4.90 Å². The topological polar surface area (TPSA) is 63.6 Å². The van der Waals surface area contributed by atoms with Crippen molar-refractivity contribution in [3.63, 3.8) is 0 Å². The van der Waals surface area contributed by atoms with E-state index in [9.17, 15) is 13.5 Å². The number of hydrogen-bond acceptors (Lipinski definition) is 4. The van der Waals surface area contributed by atoms with Gasteiger partial charge in [0.15, 0.2) is 5.60 Å². The molecule has 2 aliphatic carbocycles. The largest absolute Gasteiger partial charge is 0.375 e. The van der Waals surface area contributed by atoms with Crippen molar-refractivity contribution < 1.29 is 17.7 Å². The second kappa shape index (κ2) is 7.96. The normalized spacial score (nSPS) is 26.5. The first-order valence-corrected chi connectivity index (χ1v) is 10.7. The highest BCUT2D eigenvalue weighted by molar-refractivity contribution is 7.86. The van der Waals surface area contributed by atoms with Crippen molar-refractivity contribution in [2.24, 2.45) is 0 Å². The van der Waals surface area contributed by atoms with Gasteiger partial charge in [0.1, 0.15) is 6.10 Å². The second-order valence-corrected chi connectivity index (χ2v) is 8.82. The monoisotopic (exact) mass is 374 g/mol. The maximum Gasteiger partial charge on any atom is 0.297 e. The van der Waals surface area contributed by atoms with Crippen LogP contribution in [-0.4, -0.2) is 25.2 Å². The van der Waals surface area contributed by atoms with Gasteiger partial charge in [-0.3, -0.25) is 4.18 Å². The number of allylic oxidation sites excluding steroid dienone is 2. The lowest BCUT2D eigenvalue weighted by Crippen LogP contribution is -2.46. The molecule has 1 aromatic rings. The SMILES string of the molecule is Cc1ccc(S(=O)(=O)OC2CCCCC2(O)C#CC2=CCCCC2)cc1. The van der Waals surface area contributed by atoms with Gasteiger partial charge in [0.25, 0.3) is 10.1 Å². The summed E-state index contributed by atoms with van der Waals surface area (Å²) in [4.78, 5) is 0.110. The predicted molar refractivity (Wildman–Crippen MR) is 101 cm³/mol. The molecular weight excluding hydrogens is 348 g/mol. The zero-order valence-electron chi connectivity index (χ0n) is 15.2. The summed E-state index contributed by atoms with van der Waals surface area (Å²) in [7, 11) is -3.93. The van der Waals surface area contributed by atoms with E-state index < -0.39 is 21.8 Å². The van der Waals surface area contributed by atoms with E-state index in [0.29, 0.717) is 12.8 Å². The van der Waals surface area contributed by atoms with Gasteiger partial charge in [-0.05, 0) is 69.6 Å². The molecular formula is C21H26O4S. The fraction of sp³-hybridized carbons (Fsp3) is 0.524. The summed E-state index contributed by atoms with van der Waals surface area (Å²) < 4.78 is 30.7. The zero-order chi connectivity index (χ0) is 18.6. The lowest BCUT2D eigenvalue weighted by molar-refractivity contribution is -0.0419. The van der Waals surface area contributed by atoms with Gasteiger partial charge in [0.05, 0.1) is 4.90 Å². The molecule has 2 unspecified atom stereocenters. The van der Waals surface area contributed by atoms with Gasteiger partial charge in [0.2, 0.25) is 0 Å². The Hall–Kier alpha value is -1.61. The van der Waals surface area contributed by atoms with E-state index >= 15 is 0 Å². The predicted octanol–water partition coefficient (Wildman–Crippen LogP) is 3.88. The van der Waals surface area contributed by atoms with Gasteiger partial charge in [-0.25, -0.2) is 0 Å². The molecule has 0 saturated heterocycles. The molecule has 5 heteroatoms. The van der Waals surface area contributed by atoms with Crippen molar-refractivity contribution in [2.75, 3.05) is 0 Å². The minimum absolute atomic E-state index is 0.110. The van der Waals surface area contributed by atoms with Gasteiger partial charge in [-0.2, -0.15) is 8.42 Å². The fourth-order valence-corrected chi connectivity index (χ4v) is 4.59.